The summed E-state index contributed by atoms with van der Waals surface area (Å²) in [5, 5.41) is 13.4. The van der Waals surface area contributed by atoms with Gasteiger partial charge in [-0.2, -0.15) is 26.3 Å². The summed E-state index contributed by atoms with van der Waals surface area (Å²) in [6.45, 7) is 0.484. The second-order valence-corrected chi connectivity index (χ2v) is 6.26. The molecular formula is C17H16F6N2O. The van der Waals surface area contributed by atoms with Gasteiger partial charge in [-0.15, -0.1) is 0 Å². The van der Waals surface area contributed by atoms with E-state index in [0.29, 0.717) is 19.4 Å². The fraction of sp³-hybridized carbons (Fsp3) is 0.471. The zero-order valence-corrected chi connectivity index (χ0v) is 13.5. The van der Waals surface area contributed by atoms with Crippen LogP contribution in [0.5, 0.6) is 0 Å². The standard InChI is InChI=1S/C17H16F6N2O/c18-16(19,20)13-12(14(26)11-7-3-4-8-24-11)9-5-1-2-6-10(9)25-15(13)17(21,22)23/h1-2,5-6,11,14,24,26H,3-4,7-8H2. The Hall–Kier alpha value is -1.87. The van der Waals surface area contributed by atoms with Crippen LogP contribution in [0.2, 0.25) is 0 Å². The molecule has 1 aliphatic rings. The Morgan fingerprint density at radius 1 is 1.04 bits per heavy atom. The number of hydrogen-bond acceptors (Lipinski definition) is 3. The highest BCUT2D eigenvalue weighted by molar-refractivity contribution is 5.84. The summed E-state index contributed by atoms with van der Waals surface area (Å²) in [5.74, 6) is 0. The largest absolute Gasteiger partial charge is 0.433 e. The van der Waals surface area contributed by atoms with Crippen molar-refractivity contribution in [1.82, 2.24) is 10.3 Å². The van der Waals surface area contributed by atoms with E-state index in [-0.39, 0.29) is 10.9 Å². The minimum absolute atomic E-state index is 0.132. The van der Waals surface area contributed by atoms with Crippen molar-refractivity contribution in [1.29, 1.82) is 0 Å². The normalized spacial score (nSPS) is 20.3. The van der Waals surface area contributed by atoms with Gasteiger partial charge in [0.25, 0.3) is 0 Å². The molecule has 142 valence electrons. The number of nitrogens with zero attached hydrogens (tertiary/aromatic N) is 1. The Labute approximate surface area is 145 Å². The van der Waals surface area contributed by atoms with Crippen LogP contribution in [-0.2, 0) is 12.4 Å². The molecule has 0 saturated carbocycles. The maximum absolute atomic E-state index is 13.6. The van der Waals surface area contributed by atoms with Crippen LogP contribution >= 0.6 is 0 Å². The van der Waals surface area contributed by atoms with Crippen molar-refractivity contribution in [2.45, 2.75) is 43.8 Å². The van der Waals surface area contributed by atoms with Gasteiger partial charge in [-0.25, -0.2) is 4.98 Å². The number of aromatic nitrogens is 1. The van der Waals surface area contributed by atoms with Crippen molar-refractivity contribution >= 4 is 10.9 Å². The molecule has 9 heteroatoms. The van der Waals surface area contributed by atoms with E-state index < -0.39 is 41.3 Å². The van der Waals surface area contributed by atoms with Gasteiger partial charge in [-0.3, -0.25) is 0 Å². The van der Waals surface area contributed by atoms with Gasteiger partial charge in [0.1, 0.15) is 0 Å². The predicted molar refractivity (Wildman–Crippen MR) is 82.3 cm³/mol. The number of hydrogen-bond donors (Lipinski definition) is 2. The molecule has 1 aromatic heterocycles. The van der Waals surface area contributed by atoms with Crippen molar-refractivity contribution < 1.29 is 31.4 Å². The van der Waals surface area contributed by atoms with Gasteiger partial charge in [0.2, 0.25) is 0 Å². The molecule has 1 fully saturated rings. The van der Waals surface area contributed by atoms with Gasteiger partial charge in [0.05, 0.1) is 17.2 Å². The number of benzene rings is 1. The highest BCUT2D eigenvalue weighted by Gasteiger charge is 2.48. The molecule has 2 heterocycles. The third-order valence-corrected chi connectivity index (χ3v) is 4.51. The Morgan fingerprint density at radius 2 is 1.73 bits per heavy atom. The van der Waals surface area contributed by atoms with E-state index in [1.165, 1.54) is 24.3 Å². The van der Waals surface area contributed by atoms with E-state index in [0.717, 1.165) is 6.42 Å². The topological polar surface area (TPSA) is 45.2 Å². The van der Waals surface area contributed by atoms with Gasteiger partial charge < -0.3 is 10.4 Å². The number of fused-ring (bicyclic) bond motifs is 1. The van der Waals surface area contributed by atoms with Crippen LogP contribution in [0.3, 0.4) is 0 Å². The maximum atomic E-state index is 13.6. The SMILES string of the molecule is OC(c1c(C(F)(F)F)c(C(F)(F)F)nc2ccccc12)C1CCCCN1. The summed E-state index contributed by atoms with van der Waals surface area (Å²) in [7, 11) is 0. The number of aliphatic hydroxyl groups excluding tert-OH is 1. The third kappa shape index (κ3) is 3.50. The average Bonchev–Trinajstić information content (AvgIpc) is 2.58. The smallest absolute Gasteiger partial charge is 0.387 e. The molecule has 1 aliphatic heterocycles. The quantitative estimate of drug-likeness (QED) is 0.759. The van der Waals surface area contributed by atoms with E-state index >= 15 is 0 Å². The van der Waals surface area contributed by atoms with Crippen LogP contribution in [0.1, 0.15) is 42.2 Å². The average molecular weight is 378 g/mol. The number of nitrogens with one attached hydrogen (secondary N) is 1. The minimum atomic E-state index is -5.31. The summed E-state index contributed by atoms with van der Waals surface area (Å²) < 4.78 is 80.9. The molecule has 3 nitrogen and oxygen atoms in total. The molecule has 2 N–H and O–H groups in total. The van der Waals surface area contributed by atoms with Crippen molar-refractivity contribution in [3.63, 3.8) is 0 Å². The summed E-state index contributed by atoms with van der Waals surface area (Å²) in [5.41, 5.74) is -4.94. The minimum Gasteiger partial charge on any atom is -0.387 e. The number of alkyl halides is 6. The van der Waals surface area contributed by atoms with Gasteiger partial charge in [0.15, 0.2) is 5.69 Å². The molecule has 2 aromatic rings. The molecule has 26 heavy (non-hydrogen) atoms. The fourth-order valence-corrected chi connectivity index (χ4v) is 3.39. The summed E-state index contributed by atoms with van der Waals surface area (Å²) in [6, 6.07) is 4.49. The molecule has 3 rings (SSSR count). The molecule has 1 saturated heterocycles. The molecule has 1 aromatic carbocycles. The number of para-hydroxylation sites is 1. The van der Waals surface area contributed by atoms with Crippen LogP contribution in [-0.4, -0.2) is 22.7 Å². The van der Waals surface area contributed by atoms with E-state index in [1.54, 1.807) is 0 Å². The first-order valence-corrected chi connectivity index (χ1v) is 8.09. The second kappa shape index (κ2) is 6.70. The summed E-state index contributed by atoms with van der Waals surface area (Å²) in [6.07, 6.45) is -10.5. The van der Waals surface area contributed by atoms with Crippen LogP contribution in [0, 0.1) is 0 Å². The maximum Gasteiger partial charge on any atom is 0.433 e. The zero-order chi connectivity index (χ0) is 19.1. The zero-order valence-electron chi connectivity index (χ0n) is 13.5. The summed E-state index contributed by atoms with van der Waals surface area (Å²) in [4.78, 5) is 3.22. The Bertz CT molecular complexity index is 796. The van der Waals surface area contributed by atoms with Crippen LogP contribution in [0.4, 0.5) is 26.3 Å². The lowest BCUT2D eigenvalue weighted by molar-refractivity contribution is -0.165. The molecule has 0 spiro atoms. The van der Waals surface area contributed by atoms with Gasteiger partial charge in [-0.05, 0) is 25.5 Å². The van der Waals surface area contributed by atoms with Crippen molar-refractivity contribution in [2.75, 3.05) is 6.54 Å². The van der Waals surface area contributed by atoms with Crippen molar-refractivity contribution in [2.24, 2.45) is 0 Å². The molecule has 0 amide bonds. The highest BCUT2D eigenvalue weighted by atomic mass is 19.4. The molecule has 0 aliphatic carbocycles. The predicted octanol–water partition coefficient (Wildman–Crippen LogP) is 4.45. The number of halogens is 6. The first-order chi connectivity index (χ1) is 12.1. The molecule has 2 unspecified atom stereocenters. The third-order valence-electron chi connectivity index (χ3n) is 4.51. The first-order valence-electron chi connectivity index (χ1n) is 8.09. The van der Waals surface area contributed by atoms with Crippen LogP contribution in [0.15, 0.2) is 24.3 Å². The van der Waals surface area contributed by atoms with Gasteiger partial charge >= 0.3 is 12.4 Å². The summed E-state index contributed by atoms with van der Waals surface area (Å²) >= 11 is 0. The number of pyridine rings is 1. The van der Waals surface area contributed by atoms with E-state index in [1.807, 2.05) is 0 Å². The Kier molecular flexibility index (Phi) is 4.87. The number of piperidine rings is 1. The van der Waals surface area contributed by atoms with E-state index in [4.69, 9.17) is 0 Å². The van der Waals surface area contributed by atoms with Crippen LogP contribution in [0.25, 0.3) is 10.9 Å². The molecule has 2 atom stereocenters. The molecule has 0 radical (unpaired) electrons. The van der Waals surface area contributed by atoms with Crippen molar-refractivity contribution in [3.05, 3.63) is 41.1 Å². The number of rotatable bonds is 2. The second-order valence-electron chi connectivity index (χ2n) is 6.26. The first kappa shape index (κ1) is 18.9. The number of aliphatic hydroxyl groups is 1. The Morgan fingerprint density at radius 3 is 2.31 bits per heavy atom. The van der Waals surface area contributed by atoms with Crippen LogP contribution < -0.4 is 5.32 Å². The van der Waals surface area contributed by atoms with Gasteiger partial charge in [-0.1, -0.05) is 24.6 Å². The Balaban J connectivity index is 2.33. The van der Waals surface area contributed by atoms with Gasteiger partial charge in [0, 0.05) is 17.0 Å². The fourth-order valence-electron chi connectivity index (χ4n) is 3.39. The molecule has 0 bridgehead atoms. The highest BCUT2D eigenvalue weighted by Crippen LogP contribution is 2.46. The lowest BCUT2D eigenvalue weighted by Gasteiger charge is -2.31. The molecular weight excluding hydrogens is 362 g/mol. The lowest BCUT2D eigenvalue weighted by atomic mass is 9.88. The van der Waals surface area contributed by atoms with Crippen molar-refractivity contribution in [3.8, 4) is 0 Å². The lowest BCUT2D eigenvalue weighted by Crippen LogP contribution is -2.40. The monoisotopic (exact) mass is 378 g/mol. The van der Waals surface area contributed by atoms with E-state index in [2.05, 4.69) is 10.3 Å². The van der Waals surface area contributed by atoms with E-state index in [9.17, 15) is 31.4 Å².